The maximum atomic E-state index is 12.6. The van der Waals surface area contributed by atoms with Gasteiger partial charge in [0.1, 0.15) is 11.6 Å². The largest absolute Gasteiger partial charge is 0.494 e. The average molecular weight is 399 g/mol. The van der Waals surface area contributed by atoms with Crippen LogP contribution in [0, 0.1) is 0 Å². The molecule has 2 aromatic rings. The quantitative estimate of drug-likeness (QED) is 0.493. The number of unbranched alkanes of at least 4 members (excludes halogenated alkanes) is 1. The van der Waals surface area contributed by atoms with Crippen LogP contribution in [0.2, 0.25) is 0 Å². The van der Waals surface area contributed by atoms with Crippen LogP contribution in [0.4, 0.5) is 5.69 Å². The number of anilines is 1. The summed E-state index contributed by atoms with van der Waals surface area (Å²) in [5.41, 5.74) is 0.376. The molecule has 0 saturated heterocycles. The lowest BCUT2D eigenvalue weighted by Gasteiger charge is -2.09. The molecule has 142 valence electrons. The Kier molecular flexibility index (Phi) is 6.63. The lowest BCUT2D eigenvalue weighted by atomic mass is 10.3. The molecule has 0 aliphatic rings. The molecular formula is C17H21NO6S2. The van der Waals surface area contributed by atoms with Crippen LogP contribution in [-0.2, 0) is 20.0 Å². The lowest BCUT2D eigenvalue weighted by molar-refractivity contribution is 0.309. The van der Waals surface area contributed by atoms with Gasteiger partial charge < -0.3 is 10.1 Å². The Morgan fingerprint density at radius 1 is 0.923 bits per heavy atom. The molecule has 0 spiro atoms. The fraction of sp³-hybridized carbons (Fsp3) is 0.294. The van der Waals surface area contributed by atoms with E-state index in [0.29, 0.717) is 18.0 Å². The number of hydrogen-bond acceptors (Lipinski definition) is 6. The van der Waals surface area contributed by atoms with Crippen molar-refractivity contribution in [1.29, 1.82) is 0 Å². The van der Waals surface area contributed by atoms with Crippen molar-refractivity contribution >= 4 is 25.6 Å². The minimum absolute atomic E-state index is 0.0783. The van der Waals surface area contributed by atoms with Gasteiger partial charge in [0.15, 0.2) is 0 Å². The van der Waals surface area contributed by atoms with Gasteiger partial charge in [-0.25, -0.2) is 8.42 Å². The van der Waals surface area contributed by atoms with E-state index >= 15 is 0 Å². The molecule has 0 atom stereocenters. The van der Waals surface area contributed by atoms with Crippen molar-refractivity contribution in [3.8, 4) is 5.75 Å². The summed E-state index contributed by atoms with van der Waals surface area (Å²) in [6.45, 7) is 2.64. The molecule has 0 aliphatic heterocycles. The normalized spacial score (nSPS) is 11.9. The maximum Gasteiger partial charge on any atom is 0.283 e. The van der Waals surface area contributed by atoms with E-state index in [-0.39, 0.29) is 9.79 Å². The van der Waals surface area contributed by atoms with Crippen LogP contribution in [0.3, 0.4) is 0 Å². The zero-order chi connectivity index (χ0) is 19.2. The second kappa shape index (κ2) is 8.52. The first-order chi connectivity index (χ1) is 12.2. The first kappa shape index (κ1) is 20.2. The number of benzene rings is 2. The molecule has 7 nitrogen and oxygen atoms in total. The second-order valence-electron chi connectivity index (χ2n) is 5.60. The monoisotopic (exact) mass is 399 g/mol. The van der Waals surface area contributed by atoms with Crippen molar-refractivity contribution in [3.63, 3.8) is 0 Å². The highest BCUT2D eigenvalue weighted by atomic mass is 32.2. The topological polar surface area (TPSA) is 110 Å². The van der Waals surface area contributed by atoms with Gasteiger partial charge in [-0.3, -0.25) is 4.55 Å². The average Bonchev–Trinajstić information content (AvgIpc) is 2.60. The van der Waals surface area contributed by atoms with Crippen LogP contribution in [0.1, 0.15) is 19.8 Å². The standard InChI is InChI=1S/C17H21NO6S2/c1-2-3-12-24-15-6-10-17(11-7-15)26(22,23)16-8-4-14(5-9-16)18-13-25(19,20)21/h4-11,18H,2-3,12-13H2,1H3,(H,19,20,21). The van der Waals surface area contributed by atoms with Gasteiger partial charge >= 0.3 is 0 Å². The molecule has 0 bridgehead atoms. The first-order valence-corrected chi connectivity index (χ1v) is 11.1. The molecular weight excluding hydrogens is 378 g/mol. The highest BCUT2D eigenvalue weighted by molar-refractivity contribution is 7.91. The van der Waals surface area contributed by atoms with Crippen LogP contribution in [0.15, 0.2) is 58.3 Å². The number of rotatable bonds is 9. The predicted octanol–water partition coefficient (Wildman–Crippen LogP) is 2.96. The van der Waals surface area contributed by atoms with E-state index in [2.05, 4.69) is 12.2 Å². The predicted molar refractivity (Wildman–Crippen MR) is 98.8 cm³/mol. The molecule has 26 heavy (non-hydrogen) atoms. The van der Waals surface area contributed by atoms with Gasteiger partial charge in [0.25, 0.3) is 10.1 Å². The van der Waals surface area contributed by atoms with Gasteiger partial charge in [0.2, 0.25) is 9.84 Å². The molecule has 2 rings (SSSR count). The molecule has 9 heteroatoms. The zero-order valence-corrected chi connectivity index (χ0v) is 15.9. The van der Waals surface area contributed by atoms with Crippen molar-refractivity contribution in [2.24, 2.45) is 0 Å². The van der Waals surface area contributed by atoms with Gasteiger partial charge in [-0.05, 0) is 55.0 Å². The summed E-state index contributed by atoms with van der Waals surface area (Å²) < 4.78 is 60.9. The Morgan fingerprint density at radius 3 is 1.96 bits per heavy atom. The molecule has 0 fully saturated rings. The Bertz CT molecular complexity index is 920. The highest BCUT2D eigenvalue weighted by Gasteiger charge is 2.17. The molecule has 2 aromatic carbocycles. The molecule has 0 radical (unpaired) electrons. The van der Waals surface area contributed by atoms with Crippen LogP contribution in [-0.4, -0.2) is 33.9 Å². The van der Waals surface area contributed by atoms with Crippen molar-refractivity contribution in [2.45, 2.75) is 29.6 Å². The van der Waals surface area contributed by atoms with Gasteiger partial charge in [-0.1, -0.05) is 13.3 Å². The van der Waals surface area contributed by atoms with Gasteiger partial charge in [-0.15, -0.1) is 0 Å². The van der Waals surface area contributed by atoms with Crippen LogP contribution in [0.5, 0.6) is 5.75 Å². The summed E-state index contributed by atoms with van der Waals surface area (Å²) in [5, 5.41) is 2.49. The van der Waals surface area contributed by atoms with E-state index in [1.807, 2.05) is 0 Å². The van der Waals surface area contributed by atoms with Crippen molar-refractivity contribution < 1.29 is 26.1 Å². The Labute approximate surface area is 153 Å². The number of ether oxygens (including phenoxy) is 1. The van der Waals surface area contributed by atoms with Crippen LogP contribution in [0.25, 0.3) is 0 Å². The molecule has 0 heterocycles. The highest BCUT2D eigenvalue weighted by Crippen LogP contribution is 2.24. The van der Waals surface area contributed by atoms with Gasteiger partial charge in [0.05, 0.1) is 16.4 Å². The van der Waals surface area contributed by atoms with E-state index in [9.17, 15) is 16.8 Å². The fourth-order valence-electron chi connectivity index (χ4n) is 2.11. The molecule has 0 aromatic heterocycles. The SMILES string of the molecule is CCCCOc1ccc(S(=O)(=O)c2ccc(NCS(=O)(=O)O)cc2)cc1. The summed E-state index contributed by atoms with van der Waals surface area (Å²) in [4.78, 5) is 0.216. The molecule has 0 aliphatic carbocycles. The second-order valence-corrected chi connectivity index (χ2v) is 9.01. The minimum atomic E-state index is -4.16. The Morgan fingerprint density at radius 2 is 1.46 bits per heavy atom. The first-order valence-electron chi connectivity index (χ1n) is 7.99. The van der Waals surface area contributed by atoms with Crippen molar-refractivity contribution in [2.75, 3.05) is 17.8 Å². The molecule has 0 unspecified atom stereocenters. The van der Waals surface area contributed by atoms with Gasteiger partial charge in [0, 0.05) is 5.69 Å². The van der Waals surface area contributed by atoms with E-state index in [1.165, 1.54) is 36.4 Å². The van der Waals surface area contributed by atoms with E-state index in [1.54, 1.807) is 12.1 Å². The summed E-state index contributed by atoms with van der Waals surface area (Å²) >= 11 is 0. The number of sulfone groups is 1. The summed E-state index contributed by atoms with van der Waals surface area (Å²) in [6.07, 6.45) is 1.94. The van der Waals surface area contributed by atoms with Crippen LogP contribution >= 0.6 is 0 Å². The summed E-state index contributed by atoms with van der Waals surface area (Å²) in [6, 6.07) is 11.8. The smallest absolute Gasteiger partial charge is 0.283 e. The third-order valence-corrected chi connectivity index (χ3v) is 5.82. The summed E-state index contributed by atoms with van der Waals surface area (Å²) in [7, 11) is -7.85. The molecule has 0 saturated carbocycles. The Hall–Kier alpha value is -2.10. The van der Waals surface area contributed by atoms with E-state index < -0.39 is 25.8 Å². The van der Waals surface area contributed by atoms with Gasteiger partial charge in [-0.2, -0.15) is 8.42 Å². The number of nitrogens with one attached hydrogen (secondary N) is 1. The summed E-state index contributed by atoms with van der Waals surface area (Å²) in [5.74, 6) is -0.0411. The lowest BCUT2D eigenvalue weighted by Crippen LogP contribution is -2.13. The van der Waals surface area contributed by atoms with E-state index in [4.69, 9.17) is 9.29 Å². The maximum absolute atomic E-state index is 12.6. The van der Waals surface area contributed by atoms with E-state index in [0.717, 1.165) is 12.8 Å². The fourth-order valence-corrected chi connectivity index (χ4v) is 3.72. The van der Waals surface area contributed by atoms with Crippen molar-refractivity contribution in [3.05, 3.63) is 48.5 Å². The third-order valence-electron chi connectivity index (χ3n) is 3.52. The zero-order valence-electron chi connectivity index (χ0n) is 14.3. The van der Waals surface area contributed by atoms with Crippen LogP contribution < -0.4 is 10.1 Å². The minimum Gasteiger partial charge on any atom is -0.494 e. The Balaban J connectivity index is 2.11. The third kappa shape index (κ3) is 5.72. The molecule has 2 N–H and O–H groups in total. The molecule has 0 amide bonds. The van der Waals surface area contributed by atoms with Crippen molar-refractivity contribution in [1.82, 2.24) is 0 Å². The number of hydrogen-bond donors (Lipinski definition) is 2.